The molecule has 8 heteroatoms. The molecule has 0 unspecified atom stereocenters. The number of amides is 2. The number of nitro benzene ring substituents is 1. The van der Waals surface area contributed by atoms with Crippen LogP contribution in [-0.2, 0) is 6.54 Å². The second-order valence-corrected chi connectivity index (χ2v) is 6.64. The molecular weight excluding hydrogens is 358 g/mol. The molecule has 21 heavy (non-hydrogen) atoms. The zero-order chi connectivity index (χ0) is 15.4. The normalized spacial score (nSPS) is 10.2. The van der Waals surface area contributed by atoms with E-state index in [1.54, 1.807) is 24.5 Å². The lowest BCUT2D eigenvalue weighted by atomic mass is 10.3. The molecule has 6 nitrogen and oxygen atoms in total. The highest BCUT2D eigenvalue weighted by Gasteiger charge is 2.12. The Morgan fingerprint density at radius 3 is 2.86 bits per heavy atom. The van der Waals surface area contributed by atoms with E-state index in [-0.39, 0.29) is 11.7 Å². The van der Waals surface area contributed by atoms with E-state index >= 15 is 0 Å². The molecular formula is C13H12BrN3O3S. The standard InChI is InChI=1S/C13H12BrN3O3S/c1-16(7-9-5-12(14)21-8-9)13(18)15-10-3-2-4-11(6-10)17(19)20/h2-6,8H,7H2,1H3,(H,15,18). The van der Waals surface area contributed by atoms with E-state index in [9.17, 15) is 14.9 Å². The van der Waals surface area contributed by atoms with E-state index < -0.39 is 4.92 Å². The molecule has 1 N–H and O–H groups in total. The molecule has 1 heterocycles. The number of nitrogens with zero attached hydrogens (tertiary/aromatic N) is 2. The van der Waals surface area contributed by atoms with E-state index in [0.29, 0.717) is 12.2 Å². The number of hydrogen-bond acceptors (Lipinski definition) is 4. The van der Waals surface area contributed by atoms with Crippen LogP contribution in [0.4, 0.5) is 16.2 Å². The smallest absolute Gasteiger partial charge is 0.321 e. The molecule has 1 aromatic carbocycles. The van der Waals surface area contributed by atoms with Gasteiger partial charge in [-0.25, -0.2) is 4.79 Å². The molecule has 0 saturated carbocycles. The second kappa shape index (κ2) is 6.68. The largest absolute Gasteiger partial charge is 0.323 e. The molecule has 2 aromatic rings. The summed E-state index contributed by atoms with van der Waals surface area (Å²) >= 11 is 4.92. The second-order valence-electron chi connectivity index (χ2n) is 4.35. The summed E-state index contributed by atoms with van der Waals surface area (Å²) in [6, 6.07) is 7.47. The highest BCUT2D eigenvalue weighted by atomic mass is 79.9. The first-order chi connectivity index (χ1) is 9.95. The van der Waals surface area contributed by atoms with Gasteiger partial charge in [-0.2, -0.15) is 0 Å². The van der Waals surface area contributed by atoms with Crippen molar-refractivity contribution in [3.05, 3.63) is 55.2 Å². The Balaban J connectivity index is 2.00. The number of rotatable bonds is 4. The van der Waals surface area contributed by atoms with E-state index in [1.165, 1.54) is 23.1 Å². The molecule has 0 atom stereocenters. The van der Waals surface area contributed by atoms with Crippen molar-refractivity contribution in [3.8, 4) is 0 Å². The van der Waals surface area contributed by atoms with E-state index in [4.69, 9.17) is 0 Å². The van der Waals surface area contributed by atoms with Crippen LogP contribution in [0.1, 0.15) is 5.56 Å². The minimum absolute atomic E-state index is 0.0581. The molecule has 0 aliphatic rings. The number of nitrogens with one attached hydrogen (secondary N) is 1. The maximum absolute atomic E-state index is 12.0. The van der Waals surface area contributed by atoms with E-state index in [1.807, 2.05) is 11.4 Å². The average molecular weight is 370 g/mol. The maximum atomic E-state index is 12.0. The third-order valence-electron chi connectivity index (χ3n) is 2.70. The van der Waals surface area contributed by atoms with Crippen molar-refractivity contribution in [1.29, 1.82) is 0 Å². The van der Waals surface area contributed by atoms with Gasteiger partial charge in [-0.05, 0) is 39.0 Å². The molecule has 2 rings (SSSR count). The van der Waals surface area contributed by atoms with Crippen LogP contribution in [0.25, 0.3) is 0 Å². The Bertz CT molecular complexity index is 674. The van der Waals surface area contributed by atoms with Crippen molar-refractivity contribution in [1.82, 2.24) is 4.90 Å². The predicted octanol–water partition coefficient (Wildman–Crippen LogP) is 4.08. The van der Waals surface area contributed by atoms with Gasteiger partial charge in [-0.1, -0.05) is 6.07 Å². The van der Waals surface area contributed by atoms with Crippen molar-refractivity contribution in [2.45, 2.75) is 6.54 Å². The lowest BCUT2D eigenvalue weighted by Crippen LogP contribution is -2.30. The Kier molecular flexibility index (Phi) is 4.92. The predicted molar refractivity (Wildman–Crippen MR) is 85.6 cm³/mol. The van der Waals surface area contributed by atoms with Crippen molar-refractivity contribution < 1.29 is 9.72 Å². The van der Waals surface area contributed by atoms with Gasteiger partial charge in [0.15, 0.2) is 0 Å². The highest BCUT2D eigenvalue weighted by Crippen LogP contribution is 2.22. The molecule has 1 aromatic heterocycles. The van der Waals surface area contributed by atoms with Gasteiger partial charge in [-0.3, -0.25) is 10.1 Å². The molecule has 0 aliphatic heterocycles. The van der Waals surface area contributed by atoms with Crippen molar-refractivity contribution in [2.75, 3.05) is 12.4 Å². The summed E-state index contributed by atoms with van der Waals surface area (Å²) < 4.78 is 1.00. The molecule has 110 valence electrons. The summed E-state index contributed by atoms with van der Waals surface area (Å²) in [5.41, 5.74) is 1.35. The first kappa shape index (κ1) is 15.5. The number of carbonyl (C=O) groups is 1. The van der Waals surface area contributed by atoms with Gasteiger partial charge >= 0.3 is 6.03 Å². The van der Waals surface area contributed by atoms with Gasteiger partial charge in [0, 0.05) is 31.4 Å². The summed E-state index contributed by atoms with van der Waals surface area (Å²) in [7, 11) is 1.66. The maximum Gasteiger partial charge on any atom is 0.321 e. The Morgan fingerprint density at radius 2 is 2.24 bits per heavy atom. The first-order valence-corrected chi connectivity index (χ1v) is 7.62. The van der Waals surface area contributed by atoms with Gasteiger partial charge in [0.25, 0.3) is 5.69 Å². The molecule has 0 spiro atoms. The van der Waals surface area contributed by atoms with Crippen LogP contribution in [0, 0.1) is 10.1 Å². The minimum Gasteiger partial charge on any atom is -0.323 e. The monoisotopic (exact) mass is 369 g/mol. The van der Waals surface area contributed by atoms with E-state index in [0.717, 1.165) is 9.35 Å². The fourth-order valence-electron chi connectivity index (χ4n) is 1.69. The van der Waals surface area contributed by atoms with Crippen LogP contribution in [0.3, 0.4) is 0 Å². The van der Waals surface area contributed by atoms with Gasteiger partial charge < -0.3 is 10.2 Å². The molecule has 2 amide bonds. The van der Waals surface area contributed by atoms with E-state index in [2.05, 4.69) is 21.2 Å². The average Bonchev–Trinajstić information content (AvgIpc) is 2.84. The van der Waals surface area contributed by atoms with Gasteiger partial charge in [-0.15, -0.1) is 11.3 Å². The van der Waals surface area contributed by atoms with Crippen LogP contribution < -0.4 is 5.32 Å². The van der Waals surface area contributed by atoms with Gasteiger partial charge in [0.2, 0.25) is 0 Å². The van der Waals surface area contributed by atoms with Gasteiger partial charge in [0.05, 0.1) is 8.71 Å². The summed E-state index contributed by atoms with van der Waals surface area (Å²) in [6.07, 6.45) is 0. The minimum atomic E-state index is -0.498. The van der Waals surface area contributed by atoms with Crippen LogP contribution >= 0.6 is 27.3 Å². The third-order valence-corrected chi connectivity index (χ3v) is 4.25. The molecule has 0 radical (unpaired) electrons. The van der Waals surface area contributed by atoms with Crippen LogP contribution in [0.2, 0.25) is 0 Å². The number of urea groups is 1. The number of carbonyl (C=O) groups excluding carboxylic acids is 1. The Morgan fingerprint density at radius 1 is 1.48 bits per heavy atom. The summed E-state index contributed by atoms with van der Waals surface area (Å²) in [5.74, 6) is 0. The molecule has 0 aliphatic carbocycles. The number of thiophene rings is 1. The lowest BCUT2D eigenvalue weighted by molar-refractivity contribution is -0.384. The molecule has 0 bridgehead atoms. The summed E-state index contributed by atoms with van der Waals surface area (Å²) in [4.78, 5) is 23.7. The molecule has 0 saturated heterocycles. The quantitative estimate of drug-likeness (QED) is 0.651. The van der Waals surface area contributed by atoms with Gasteiger partial charge in [0.1, 0.15) is 0 Å². The summed E-state index contributed by atoms with van der Waals surface area (Å²) in [6.45, 7) is 0.461. The van der Waals surface area contributed by atoms with Crippen LogP contribution in [0.5, 0.6) is 0 Å². The topological polar surface area (TPSA) is 75.5 Å². The number of anilines is 1. The van der Waals surface area contributed by atoms with Crippen molar-refractivity contribution >= 4 is 44.7 Å². The fraction of sp³-hybridized carbons (Fsp3) is 0.154. The zero-order valence-electron chi connectivity index (χ0n) is 11.1. The number of halogens is 1. The zero-order valence-corrected chi connectivity index (χ0v) is 13.5. The van der Waals surface area contributed by atoms with Crippen molar-refractivity contribution in [2.24, 2.45) is 0 Å². The van der Waals surface area contributed by atoms with Crippen LogP contribution in [0.15, 0.2) is 39.5 Å². The Hall–Kier alpha value is -1.93. The van der Waals surface area contributed by atoms with Crippen molar-refractivity contribution in [3.63, 3.8) is 0 Å². The Labute approximate surface area is 133 Å². The highest BCUT2D eigenvalue weighted by molar-refractivity contribution is 9.11. The van der Waals surface area contributed by atoms with Crippen LogP contribution in [-0.4, -0.2) is 22.9 Å². The first-order valence-electron chi connectivity index (χ1n) is 5.95. The number of non-ortho nitro benzene ring substituents is 1. The third kappa shape index (κ3) is 4.27. The lowest BCUT2D eigenvalue weighted by Gasteiger charge is -2.17. The summed E-state index contributed by atoms with van der Waals surface area (Å²) in [5, 5.41) is 15.3. The number of nitro groups is 1. The fourth-order valence-corrected chi connectivity index (χ4v) is 2.89. The number of hydrogen-bond donors (Lipinski definition) is 1. The SMILES string of the molecule is CN(Cc1csc(Br)c1)C(=O)Nc1cccc([N+](=O)[O-])c1. The molecule has 0 fully saturated rings. The number of benzene rings is 1.